The monoisotopic (exact) mass is 90.1 g/mol. The summed E-state index contributed by atoms with van der Waals surface area (Å²) in [6, 6.07) is 0. The molecule has 2 heteroatoms. The molecule has 6 heavy (non-hydrogen) atoms. The second kappa shape index (κ2) is 8.87. The summed E-state index contributed by atoms with van der Waals surface area (Å²) < 4.78 is 0. The van der Waals surface area contributed by atoms with Crippen molar-refractivity contribution in [2.24, 2.45) is 5.84 Å². The van der Waals surface area contributed by atoms with Gasteiger partial charge in [-0.25, -0.2) is 0 Å². The Morgan fingerprint density at radius 3 is 2.17 bits per heavy atom. The van der Waals surface area contributed by atoms with E-state index in [1.54, 1.807) is 0 Å². The normalized spacial score (nSPS) is 7.00. The highest BCUT2D eigenvalue weighted by Crippen LogP contribution is 1.61. The molecule has 0 bridgehead atoms. The zero-order valence-electron chi connectivity index (χ0n) is 3.49. The van der Waals surface area contributed by atoms with Crippen LogP contribution in [0.5, 0.6) is 0 Å². The van der Waals surface area contributed by atoms with Crippen LogP contribution in [0.3, 0.4) is 0 Å². The highest BCUT2D eigenvalue weighted by molar-refractivity contribution is 4.25. The molecule has 0 atom stereocenters. The van der Waals surface area contributed by atoms with Crippen molar-refractivity contribution in [2.75, 3.05) is 6.54 Å². The molecule has 0 aromatic carbocycles. The topological polar surface area (TPSA) is 38.0 Å². The van der Waals surface area contributed by atoms with Crippen molar-refractivity contribution < 1.29 is 0 Å². The number of hydrogen-bond acceptors (Lipinski definition) is 2. The number of rotatable bonds is 2. The first-order valence-corrected chi connectivity index (χ1v) is 1.85. The van der Waals surface area contributed by atoms with Gasteiger partial charge in [0.05, 0.1) is 0 Å². The van der Waals surface area contributed by atoms with Crippen LogP contribution in [0, 0.1) is 0 Å². The SMILES string of the molecule is C.CCCNN. The van der Waals surface area contributed by atoms with Crippen molar-refractivity contribution >= 4 is 0 Å². The number of nitrogens with one attached hydrogen (secondary N) is 1. The van der Waals surface area contributed by atoms with Crippen LogP contribution in [0.4, 0.5) is 0 Å². The van der Waals surface area contributed by atoms with Gasteiger partial charge in [0.25, 0.3) is 0 Å². The van der Waals surface area contributed by atoms with Gasteiger partial charge in [-0.15, -0.1) is 0 Å². The van der Waals surface area contributed by atoms with Crippen LogP contribution in [0.15, 0.2) is 0 Å². The van der Waals surface area contributed by atoms with Crippen molar-refractivity contribution in [2.45, 2.75) is 20.8 Å². The molecule has 3 N–H and O–H groups in total. The molecule has 0 aromatic heterocycles. The lowest BCUT2D eigenvalue weighted by atomic mass is 10.5. The molecule has 0 rings (SSSR count). The van der Waals surface area contributed by atoms with Crippen molar-refractivity contribution in [1.82, 2.24) is 5.43 Å². The quantitative estimate of drug-likeness (QED) is 0.382. The molecule has 0 aliphatic rings. The third-order valence-corrected chi connectivity index (χ3v) is 0.394. The molecule has 0 radical (unpaired) electrons. The lowest BCUT2D eigenvalue weighted by Gasteiger charge is -1.85. The molecule has 0 saturated carbocycles. The van der Waals surface area contributed by atoms with E-state index in [4.69, 9.17) is 5.84 Å². The molecule has 0 saturated heterocycles. The van der Waals surface area contributed by atoms with E-state index in [1.807, 2.05) is 0 Å². The molecular weight excluding hydrogens is 76.1 g/mol. The maximum absolute atomic E-state index is 4.89. The molecule has 0 amide bonds. The second-order valence-electron chi connectivity index (χ2n) is 0.954. The smallest absolute Gasteiger partial charge is 0.00947 e. The maximum Gasteiger partial charge on any atom is 0.00947 e. The number of nitrogens with two attached hydrogens (primary N) is 1. The average Bonchev–Trinajstić information content (AvgIpc) is 1.41. The molecule has 0 unspecified atom stereocenters. The van der Waals surface area contributed by atoms with Gasteiger partial charge in [0.1, 0.15) is 0 Å². The Kier molecular flexibility index (Phi) is 13.8. The minimum Gasteiger partial charge on any atom is -0.271 e. The summed E-state index contributed by atoms with van der Waals surface area (Å²) in [5, 5.41) is 0. The fourth-order valence-corrected chi connectivity index (χ4v) is 0.144. The Hall–Kier alpha value is -0.0800. The summed E-state index contributed by atoms with van der Waals surface area (Å²) in [5.74, 6) is 4.89. The van der Waals surface area contributed by atoms with Gasteiger partial charge in [-0.2, -0.15) is 0 Å². The molecule has 2 nitrogen and oxygen atoms in total. The number of hydrazine groups is 1. The highest BCUT2D eigenvalue weighted by atomic mass is 15.2. The molecule has 40 valence electrons. The third kappa shape index (κ3) is 9.07. The molecule has 0 heterocycles. The molecule has 0 fully saturated rings. The molecule has 0 aliphatic heterocycles. The zero-order chi connectivity index (χ0) is 4.12. The first-order valence-electron chi connectivity index (χ1n) is 1.85. The standard InChI is InChI=1S/C3H10N2.CH4/c1-2-3-5-4;/h5H,2-4H2,1H3;1H4. The third-order valence-electron chi connectivity index (χ3n) is 0.394. The summed E-state index contributed by atoms with van der Waals surface area (Å²) in [4.78, 5) is 0. The van der Waals surface area contributed by atoms with E-state index in [2.05, 4.69) is 12.3 Å². The van der Waals surface area contributed by atoms with E-state index in [9.17, 15) is 0 Å². The second-order valence-corrected chi connectivity index (χ2v) is 0.954. The van der Waals surface area contributed by atoms with Gasteiger partial charge in [0.15, 0.2) is 0 Å². The predicted octanol–water partition coefficient (Wildman–Crippen LogP) is 0.496. The van der Waals surface area contributed by atoms with E-state index in [1.165, 1.54) is 0 Å². The predicted molar refractivity (Wildman–Crippen MR) is 29.2 cm³/mol. The van der Waals surface area contributed by atoms with E-state index in [-0.39, 0.29) is 7.43 Å². The minimum atomic E-state index is 0. The number of hydrogen-bond donors (Lipinski definition) is 2. The van der Waals surface area contributed by atoms with Crippen molar-refractivity contribution in [3.8, 4) is 0 Å². The Morgan fingerprint density at radius 2 is 2.17 bits per heavy atom. The lowest BCUT2D eigenvalue weighted by molar-refractivity contribution is 0.714. The van der Waals surface area contributed by atoms with E-state index < -0.39 is 0 Å². The summed E-state index contributed by atoms with van der Waals surface area (Å²) in [5.41, 5.74) is 2.52. The Labute approximate surface area is 39.7 Å². The van der Waals surface area contributed by atoms with Gasteiger partial charge in [-0.05, 0) is 6.42 Å². The Bertz CT molecular complexity index is 13.0. The van der Waals surface area contributed by atoms with Gasteiger partial charge in [0.2, 0.25) is 0 Å². The molecule has 0 aliphatic carbocycles. The first kappa shape index (κ1) is 9.33. The van der Waals surface area contributed by atoms with Gasteiger partial charge in [0, 0.05) is 6.54 Å². The Morgan fingerprint density at radius 1 is 1.67 bits per heavy atom. The van der Waals surface area contributed by atoms with Gasteiger partial charge in [-0.3, -0.25) is 11.3 Å². The van der Waals surface area contributed by atoms with Crippen LogP contribution in [0.25, 0.3) is 0 Å². The van der Waals surface area contributed by atoms with Crippen LogP contribution >= 0.6 is 0 Å². The van der Waals surface area contributed by atoms with E-state index >= 15 is 0 Å². The fourth-order valence-electron chi connectivity index (χ4n) is 0.144. The molecular formula is C4H14N2. The van der Waals surface area contributed by atoms with Crippen molar-refractivity contribution in [1.29, 1.82) is 0 Å². The van der Waals surface area contributed by atoms with Crippen LogP contribution in [0.2, 0.25) is 0 Å². The lowest BCUT2D eigenvalue weighted by Crippen LogP contribution is -2.21. The van der Waals surface area contributed by atoms with Crippen LogP contribution in [-0.2, 0) is 0 Å². The van der Waals surface area contributed by atoms with Gasteiger partial charge < -0.3 is 0 Å². The van der Waals surface area contributed by atoms with E-state index in [0.29, 0.717) is 0 Å². The summed E-state index contributed by atoms with van der Waals surface area (Å²) in [6.07, 6.45) is 1.11. The van der Waals surface area contributed by atoms with Gasteiger partial charge >= 0.3 is 0 Å². The highest BCUT2D eigenvalue weighted by Gasteiger charge is 1.64. The summed E-state index contributed by atoms with van der Waals surface area (Å²) in [6.45, 7) is 2.99. The van der Waals surface area contributed by atoms with Crippen molar-refractivity contribution in [3.05, 3.63) is 0 Å². The van der Waals surface area contributed by atoms with Crippen molar-refractivity contribution in [3.63, 3.8) is 0 Å². The molecule has 0 spiro atoms. The van der Waals surface area contributed by atoms with Gasteiger partial charge in [-0.1, -0.05) is 14.4 Å². The minimum absolute atomic E-state index is 0. The average molecular weight is 90.2 g/mol. The Balaban J connectivity index is 0. The van der Waals surface area contributed by atoms with E-state index in [0.717, 1.165) is 13.0 Å². The fraction of sp³-hybridized carbons (Fsp3) is 1.00. The van der Waals surface area contributed by atoms with Crippen LogP contribution in [-0.4, -0.2) is 6.54 Å². The molecule has 0 aromatic rings. The van der Waals surface area contributed by atoms with Crippen LogP contribution < -0.4 is 11.3 Å². The zero-order valence-corrected chi connectivity index (χ0v) is 3.49. The summed E-state index contributed by atoms with van der Waals surface area (Å²) in [7, 11) is 0. The maximum atomic E-state index is 4.89. The largest absolute Gasteiger partial charge is 0.271 e. The van der Waals surface area contributed by atoms with Crippen LogP contribution in [0.1, 0.15) is 20.8 Å². The first-order chi connectivity index (χ1) is 2.41. The summed E-state index contributed by atoms with van der Waals surface area (Å²) >= 11 is 0.